The zero-order valence-corrected chi connectivity index (χ0v) is 17.3. The molecule has 1 amide bonds. The van der Waals surface area contributed by atoms with Gasteiger partial charge in [-0.2, -0.15) is 4.31 Å². The van der Waals surface area contributed by atoms with Crippen molar-refractivity contribution < 1.29 is 18.5 Å². The van der Waals surface area contributed by atoms with E-state index in [2.05, 4.69) is 5.32 Å². The number of sulfonamides is 1. The Kier molecular flexibility index (Phi) is 6.72. The van der Waals surface area contributed by atoms with Gasteiger partial charge in [0.1, 0.15) is 6.54 Å². The molecule has 6 nitrogen and oxygen atoms in total. The van der Waals surface area contributed by atoms with Gasteiger partial charge in [-0.25, -0.2) is 8.42 Å². The number of carbonyl (C=O) groups excluding carboxylic acids is 1. The summed E-state index contributed by atoms with van der Waals surface area (Å²) in [4.78, 5) is 12.7. The molecule has 0 spiro atoms. The van der Waals surface area contributed by atoms with E-state index >= 15 is 0 Å². The third-order valence-electron chi connectivity index (χ3n) is 4.89. The summed E-state index contributed by atoms with van der Waals surface area (Å²) in [6.45, 7) is 3.55. The SMILES string of the molecule is C[C@@H]([NH2+]Cc1ccccc1Cl)C(=O)Nc1ccc(S(=O)(=O)N2CCCC2)cc1. The Morgan fingerprint density at radius 3 is 2.43 bits per heavy atom. The number of rotatable bonds is 7. The second-order valence-electron chi connectivity index (χ2n) is 6.94. The minimum absolute atomic E-state index is 0.151. The molecule has 0 bridgehead atoms. The van der Waals surface area contributed by atoms with Crippen LogP contribution < -0.4 is 10.6 Å². The van der Waals surface area contributed by atoms with Gasteiger partial charge in [0.15, 0.2) is 6.04 Å². The number of nitrogens with one attached hydrogen (secondary N) is 1. The molecule has 0 aromatic heterocycles. The Bertz CT molecular complexity index is 926. The lowest BCUT2D eigenvalue weighted by Gasteiger charge is -2.16. The lowest BCUT2D eigenvalue weighted by atomic mass is 10.2. The molecule has 1 heterocycles. The van der Waals surface area contributed by atoms with Crippen LogP contribution in [-0.2, 0) is 21.4 Å². The first-order valence-corrected chi connectivity index (χ1v) is 11.2. The fraction of sp³-hybridized carbons (Fsp3) is 0.350. The van der Waals surface area contributed by atoms with E-state index in [9.17, 15) is 13.2 Å². The van der Waals surface area contributed by atoms with Gasteiger partial charge in [-0.15, -0.1) is 0 Å². The van der Waals surface area contributed by atoms with E-state index in [1.165, 1.54) is 4.31 Å². The van der Waals surface area contributed by atoms with Crippen LogP contribution in [0.15, 0.2) is 53.4 Å². The van der Waals surface area contributed by atoms with Gasteiger partial charge in [-0.05, 0) is 50.1 Å². The third-order valence-corrected chi connectivity index (χ3v) is 7.17. The molecule has 1 atom stereocenters. The van der Waals surface area contributed by atoms with E-state index in [0.717, 1.165) is 18.4 Å². The van der Waals surface area contributed by atoms with Gasteiger partial charge < -0.3 is 10.6 Å². The maximum absolute atomic E-state index is 12.5. The number of hydrogen-bond acceptors (Lipinski definition) is 3. The molecule has 28 heavy (non-hydrogen) atoms. The van der Waals surface area contributed by atoms with Crippen molar-refractivity contribution in [3.05, 3.63) is 59.1 Å². The van der Waals surface area contributed by atoms with Crippen molar-refractivity contribution in [2.45, 2.75) is 37.2 Å². The van der Waals surface area contributed by atoms with Crippen molar-refractivity contribution in [2.75, 3.05) is 18.4 Å². The molecule has 3 rings (SSSR count). The summed E-state index contributed by atoms with van der Waals surface area (Å²) < 4.78 is 26.6. The van der Waals surface area contributed by atoms with Gasteiger partial charge in [0.25, 0.3) is 5.91 Å². The molecule has 8 heteroatoms. The largest absolute Gasteiger partial charge is 0.332 e. The Balaban J connectivity index is 1.57. The average molecular weight is 423 g/mol. The summed E-state index contributed by atoms with van der Waals surface area (Å²) in [5.74, 6) is -0.151. The lowest BCUT2D eigenvalue weighted by molar-refractivity contribution is -0.688. The summed E-state index contributed by atoms with van der Waals surface area (Å²) in [7, 11) is -3.44. The molecule has 1 fully saturated rings. The van der Waals surface area contributed by atoms with Crippen LogP contribution >= 0.6 is 11.6 Å². The first-order valence-electron chi connectivity index (χ1n) is 9.36. The molecular formula is C20H25ClN3O3S+. The predicted octanol–water partition coefficient (Wildman–Crippen LogP) is 2.22. The summed E-state index contributed by atoms with van der Waals surface area (Å²) in [6.07, 6.45) is 1.80. The zero-order chi connectivity index (χ0) is 20.1. The summed E-state index contributed by atoms with van der Waals surface area (Å²) in [5.41, 5.74) is 1.55. The number of benzene rings is 2. The second-order valence-corrected chi connectivity index (χ2v) is 9.29. The number of anilines is 1. The Hall–Kier alpha value is -1.93. The molecule has 3 N–H and O–H groups in total. The van der Waals surface area contributed by atoms with E-state index in [1.807, 2.05) is 36.5 Å². The van der Waals surface area contributed by atoms with Crippen LogP contribution in [0.25, 0.3) is 0 Å². The Labute approximate surface area is 170 Å². The van der Waals surface area contributed by atoms with E-state index < -0.39 is 10.0 Å². The highest BCUT2D eigenvalue weighted by Crippen LogP contribution is 2.22. The molecule has 150 valence electrons. The third kappa shape index (κ3) is 4.91. The van der Waals surface area contributed by atoms with E-state index in [0.29, 0.717) is 30.3 Å². The lowest BCUT2D eigenvalue weighted by Crippen LogP contribution is -2.90. The van der Waals surface area contributed by atoms with Gasteiger partial charge in [-0.1, -0.05) is 29.8 Å². The number of quaternary nitrogens is 1. The monoisotopic (exact) mass is 422 g/mol. The number of nitrogens with two attached hydrogens (primary N) is 1. The van der Waals surface area contributed by atoms with Gasteiger partial charge in [0, 0.05) is 29.4 Å². The van der Waals surface area contributed by atoms with Crippen molar-refractivity contribution in [1.29, 1.82) is 0 Å². The van der Waals surface area contributed by atoms with Crippen molar-refractivity contribution in [2.24, 2.45) is 0 Å². The van der Waals surface area contributed by atoms with Gasteiger partial charge in [0.05, 0.1) is 4.90 Å². The number of amides is 1. The second kappa shape index (κ2) is 9.05. The topological polar surface area (TPSA) is 83.1 Å². The summed E-state index contributed by atoms with van der Waals surface area (Å²) >= 11 is 6.14. The molecule has 0 aliphatic carbocycles. The smallest absolute Gasteiger partial charge is 0.282 e. The Morgan fingerprint density at radius 1 is 1.14 bits per heavy atom. The van der Waals surface area contributed by atoms with Crippen molar-refractivity contribution >= 4 is 33.2 Å². The van der Waals surface area contributed by atoms with Crippen LogP contribution in [0.4, 0.5) is 5.69 Å². The summed E-state index contributed by atoms with van der Waals surface area (Å²) in [5, 5.41) is 5.42. The maximum Gasteiger partial charge on any atom is 0.282 e. The number of nitrogens with zero attached hydrogens (tertiary/aromatic N) is 1. The quantitative estimate of drug-likeness (QED) is 0.717. The minimum Gasteiger partial charge on any atom is -0.332 e. The molecular weight excluding hydrogens is 398 g/mol. The van der Waals surface area contributed by atoms with Crippen LogP contribution in [0.5, 0.6) is 0 Å². The fourth-order valence-corrected chi connectivity index (χ4v) is 4.85. The van der Waals surface area contributed by atoms with Crippen molar-refractivity contribution in [1.82, 2.24) is 4.31 Å². The highest BCUT2D eigenvalue weighted by atomic mass is 35.5. The fourth-order valence-electron chi connectivity index (χ4n) is 3.12. The van der Waals surface area contributed by atoms with Crippen LogP contribution in [0.1, 0.15) is 25.3 Å². The number of halogens is 1. The predicted molar refractivity (Wildman–Crippen MR) is 110 cm³/mol. The highest BCUT2D eigenvalue weighted by Gasteiger charge is 2.27. The Morgan fingerprint density at radius 2 is 1.79 bits per heavy atom. The first-order chi connectivity index (χ1) is 13.4. The standard InChI is InChI=1S/C20H24ClN3O3S/c1-15(22-14-16-6-2-3-7-19(16)21)20(25)23-17-8-10-18(11-9-17)28(26,27)24-12-4-5-13-24/h2-3,6-11,15,22H,4-5,12-14H2,1H3,(H,23,25)/p+1/t15-/m1/s1. The molecule has 2 aromatic carbocycles. The van der Waals surface area contributed by atoms with Crippen LogP contribution in [-0.4, -0.2) is 37.8 Å². The summed E-state index contributed by atoms with van der Waals surface area (Å²) in [6, 6.07) is 13.6. The normalized spacial score (nSPS) is 16.1. The molecule has 0 radical (unpaired) electrons. The number of carbonyl (C=O) groups is 1. The van der Waals surface area contributed by atoms with Gasteiger partial charge >= 0.3 is 0 Å². The zero-order valence-electron chi connectivity index (χ0n) is 15.8. The molecule has 0 saturated carbocycles. The van der Waals surface area contributed by atoms with Gasteiger partial charge in [0.2, 0.25) is 10.0 Å². The van der Waals surface area contributed by atoms with E-state index in [1.54, 1.807) is 24.3 Å². The molecule has 1 aliphatic heterocycles. The first kappa shape index (κ1) is 20.8. The van der Waals surface area contributed by atoms with Gasteiger partial charge in [-0.3, -0.25) is 4.79 Å². The molecule has 2 aromatic rings. The van der Waals surface area contributed by atoms with Crippen LogP contribution in [0.2, 0.25) is 5.02 Å². The van der Waals surface area contributed by atoms with E-state index in [-0.39, 0.29) is 16.8 Å². The number of hydrogen-bond donors (Lipinski definition) is 2. The van der Waals surface area contributed by atoms with Crippen LogP contribution in [0.3, 0.4) is 0 Å². The van der Waals surface area contributed by atoms with Crippen molar-refractivity contribution in [3.8, 4) is 0 Å². The molecule has 1 saturated heterocycles. The molecule has 1 aliphatic rings. The maximum atomic E-state index is 12.5. The average Bonchev–Trinajstić information content (AvgIpc) is 3.23. The highest BCUT2D eigenvalue weighted by molar-refractivity contribution is 7.89. The van der Waals surface area contributed by atoms with Crippen molar-refractivity contribution in [3.63, 3.8) is 0 Å². The van der Waals surface area contributed by atoms with Crippen LogP contribution in [0, 0.1) is 0 Å². The van der Waals surface area contributed by atoms with E-state index in [4.69, 9.17) is 11.6 Å². The molecule has 0 unspecified atom stereocenters. The minimum atomic E-state index is -3.44.